The topological polar surface area (TPSA) is 40.6 Å². The van der Waals surface area contributed by atoms with Crippen molar-refractivity contribution in [2.24, 2.45) is 0 Å². The average Bonchev–Trinajstić information content (AvgIpc) is 3.22. The summed E-state index contributed by atoms with van der Waals surface area (Å²) in [6, 6.07) is 16.9. The van der Waals surface area contributed by atoms with Crippen molar-refractivity contribution >= 4 is 22.2 Å². The van der Waals surface area contributed by atoms with Gasteiger partial charge in [0.1, 0.15) is 5.75 Å². The van der Waals surface area contributed by atoms with Crippen LogP contribution < -0.4 is 15.0 Å². The molecule has 0 saturated carbocycles. The zero-order valence-corrected chi connectivity index (χ0v) is 17.2. The number of hydrogen-bond acceptors (Lipinski definition) is 6. The van der Waals surface area contributed by atoms with Gasteiger partial charge < -0.3 is 19.9 Å². The summed E-state index contributed by atoms with van der Waals surface area (Å²) in [5.41, 5.74) is 4.64. The molecule has 0 radical (unpaired) electrons. The molecule has 2 aromatic carbocycles. The van der Waals surface area contributed by atoms with Gasteiger partial charge in [0, 0.05) is 49.4 Å². The molecule has 0 amide bonds. The molecule has 6 heteroatoms. The van der Waals surface area contributed by atoms with Crippen molar-refractivity contribution in [1.29, 1.82) is 0 Å². The summed E-state index contributed by atoms with van der Waals surface area (Å²) >= 11 is 1.64. The molecule has 1 aromatic heterocycles. The maximum atomic E-state index is 5.28. The third-order valence-electron chi connectivity index (χ3n) is 5.11. The van der Waals surface area contributed by atoms with Gasteiger partial charge in [-0.15, -0.1) is 11.3 Å². The number of anilines is 2. The van der Waals surface area contributed by atoms with E-state index in [-0.39, 0.29) is 0 Å². The molecule has 0 unspecified atom stereocenters. The summed E-state index contributed by atoms with van der Waals surface area (Å²) in [5, 5.41) is 6.45. The molecule has 1 N–H and O–H groups in total. The number of aromatic nitrogens is 1. The summed E-state index contributed by atoms with van der Waals surface area (Å²) in [7, 11) is 3.87. The lowest BCUT2D eigenvalue weighted by atomic mass is 10.1. The normalized spacial score (nSPS) is 14.9. The summed E-state index contributed by atoms with van der Waals surface area (Å²) in [5.74, 6) is 0.875. The first-order chi connectivity index (χ1) is 13.7. The molecule has 1 aliphatic rings. The SMILES string of the molecule is COc1cccc(CNc2nc(-c3ccc(N4CCN(C)CC4)cc3)cs2)c1. The minimum atomic E-state index is 0.729. The van der Waals surface area contributed by atoms with Gasteiger partial charge in [-0.05, 0) is 36.9 Å². The van der Waals surface area contributed by atoms with Gasteiger partial charge in [-0.25, -0.2) is 4.98 Å². The number of nitrogens with zero attached hydrogens (tertiary/aromatic N) is 3. The van der Waals surface area contributed by atoms with Crippen LogP contribution in [0.5, 0.6) is 5.75 Å². The summed E-state index contributed by atoms with van der Waals surface area (Å²) in [6.45, 7) is 5.15. The molecular weight excluding hydrogens is 368 g/mol. The van der Waals surface area contributed by atoms with E-state index in [1.165, 1.54) is 11.3 Å². The number of hydrogen-bond donors (Lipinski definition) is 1. The molecule has 0 atom stereocenters. The Morgan fingerprint density at radius 3 is 2.61 bits per heavy atom. The number of rotatable bonds is 6. The summed E-state index contributed by atoms with van der Waals surface area (Å²) < 4.78 is 5.28. The standard InChI is InChI=1S/C22H26N4OS/c1-25-10-12-26(13-11-25)19-8-6-18(7-9-19)21-16-28-22(24-21)23-15-17-4-3-5-20(14-17)27-2/h3-9,14,16H,10-13,15H2,1-2H3,(H,23,24). The predicted octanol–water partition coefficient (Wildman–Crippen LogP) is 4.18. The maximum absolute atomic E-state index is 5.28. The number of benzene rings is 2. The highest BCUT2D eigenvalue weighted by atomic mass is 32.1. The molecule has 0 bridgehead atoms. The van der Waals surface area contributed by atoms with Crippen LogP contribution in [-0.2, 0) is 6.54 Å². The lowest BCUT2D eigenvalue weighted by Gasteiger charge is -2.34. The third-order valence-corrected chi connectivity index (χ3v) is 5.91. The van der Waals surface area contributed by atoms with Crippen molar-refractivity contribution in [3.05, 3.63) is 59.5 Å². The molecule has 4 rings (SSSR count). The molecule has 5 nitrogen and oxygen atoms in total. The molecule has 0 spiro atoms. The van der Waals surface area contributed by atoms with Crippen LogP contribution in [0.15, 0.2) is 53.9 Å². The highest BCUT2D eigenvalue weighted by Crippen LogP contribution is 2.27. The quantitative estimate of drug-likeness (QED) is 0.679. The lowest BCUT2D eigenvalue weighted by molar-refractivity contribution is 0.313. The summed E-state index contributed by atoms with van der Waals surface area (Å²) in [4.78, 5) is 9.57. The molecule has 3 aromatic rings. The van der Waals surface area contributed by atoms with Crippen LogP contribution in [-0.4, -0.2) is 50.2 Å². The number of methoxy groups -OCH3 is 1. The Bertz CT molecular complexity index is 901. The second kappa shape index (κ2) is 8.63. The van der Waals surface area contributed by atoms with Crippen LogP contribution >= 0.6 is 11.3 Å². The first-order valence-electron chi connectivity index (χ1n) is 9.57. The summed E-state index contributed by atoms with van der Waals surface area (Å²) in [6.07, 6.45) is 0. The van der Waals surface area contributed by atoms with Crippen LogP contribution in [0, 0.1) is 0 Å². The van der Waals surface area contributed by atoms with E-state index in [4.69, 9.17) is 9.72 Å². The number of ether oxygens (including phenoxy) is 1. The zero-order chi connectivity index (χ0) is 19.3. The molecular formula is C22H26N4OS. The Morgan fingerprint density at radius 1 is 1.07 bits per heavy atom. The van der Waals surface area contributed by atoms with Gasteiger partial charge in [-0.2, -0.15) is 0 Å². The minimum Gasteiger partial charge on any atom is -0.497 e. The fourth-order valence-electron chi connectivity index (χ4n) is 3.36. The van der Waals surface area contributed by atoms with Gasteiger partial charge in [0.25, 0.3) is 0 Å². The van der Waals surface area contributed by atoms with Gasteiger partial charge in [0.15, 0.2) is 5.13 Å². The Morgan fingerprint density at radius 2 is 1.86 bits per heavy atom. The van der Waals surface area contributed by atoms with Crippen LogP contribution in [0.25, 0.3) is 11.3 Å². The number of piperazine rings is 1. The number of nitrogens with one attached hydrogen (secondary N) is 1. The Kier molecular flexibility index (Phi) is 5.78. The molecule has 1 fully saturated rings. The minimum absolute atomic E-state index is 0.729. The Balaban J connectivity index is 1.38. The highest BCUT2D eigenvalue weighted by Gasteiger charge is 2.14. The first-order valence-corrected chi connectivity index (χ1v) is 10.5. The van der Waals surface area contributed by atoms with Crippen LogP contribution in [0.3, 0.4) is 0 Å². The monoisotopic (exact) mass is 394 g/mol. The van der Waals surface area contributed by atoms with Gasteiger partial charge in [-0.1, -0.05) is 24.3 Å². The Hall–Kier alpha value is -2.57. The fraction of sp³-hybridized carbons (Fsp3) is 0.318. The van der Waals surface area contributed by atoms with E-state index in [1.807, 2.05) is 18.2 Å². The van der Waals surface area contributed by atoms with E-state index < -0.39 is 0 Å². The van der Waals surface area contributed by atoms with Gasteiger partial charge in [0.2, 0.25) is 0 Å². The molecule has 28 heavy (non-hydrogen) atoms. The van der Waals surface area contributed by atoms with Crippen LogP contribution in [0.2, 0.25) is 0 Å². The first kappa shape index (κ1) is 18.8. The largest absolute Gasteiger partial charge is 0.497 e. The number of likely N-dealkylation sites (N-methyl/N-ethyl adjacent to an activating group) is 1. The van der Waals surface area contributed by atoms with E-state index in [0.717, 1.165) is 54.9 Å². The highest BCUT2D eigenvalue weighted by molar-refractivity contribution is 7.14. The average molecular weight is 395 g/mol. The van der Waals surface area contributed by atoms with Crippen molar-refractivity contribution in [1.82, 2.24) is 9.88 Å². The second-order valence-corrected chi connectivity index (χ2v) is 7.94. The van der Waals surface area contributed by atoms with E-state index in [0.29, 0.717) is 0 Å². The van der Waals surface area contributed by atoms with Crippen molar-refractivity contribution in [2.75, 3.05) is 50.6 Å². The van der Waals surface area contributed by atoms with E-state index in [1.54, 1.807) is 18.4 Å². The van der Waals surface area contributed by atoms with Gasteiger partial charge in [-0.3, -0.25) is 0 Å². The van der Waals surface area contributed by atoms with Crippen molar-refractivity contribution in [2.45, 2.75) is 6.54 Å². The van der Waals surface area contributed by atoms with Gasteiger partial charge in [0.05, 0.1) is 12.8 Å². The zero-order valence-electron chi connectivity index (χ0n) is 16.4. The van der Waals surface area contributed by atoms with Crippen molar-refractivity contribution in [3.8, 4) is 17.0 Å². The van der Waals surface area contributed by atoms with Crippen LogP contribution in [0.4, 0.5) is 10.8 Å². The van der Waals surface area contributed by atoms with Crippen LogP contribution in [0.1, 0.15) is 5.56 Å². The smallest absolute Gasteiger partial charge is 0.183 e. The molecule has 1 saturated heterocycles. The van der Waals surface area contributed by atoms with E-state index >= 15 is 0 Å². The third kappa shape index (κ3) is 4.46. The second-order valence-electron chi connectivity index (χ2n) is 7.08. The molecule has 1 aliphatic heterocycles. The Labute approximate surface area is 170 Å². The van der Waals surface area contributed by atoms with Crippen molar-refractivity contribution in [3.63, 3.8) is 0 Å². The lowest BCUT2D eigenvalue weighted by Crippen LogP contribution is -2.44. The number of thiazole rings is 1. The van der Waals surface area contributed by atoms with Crippen molar-refractivity contribution < 1.29 is 4.74 Å². The molecule has 0 aliphatic carbocycles. The maximum Gasteiger partial charge on any atom is 0.183 e. The molecule has 146 valence electrons. The predicted molar refractivity (Wildman–Crippen MR) is 118 cm³/mol. The van der Waals surface area contributed by atoms with E-state index in [2.05, 4.69) is 57.9 Å². The van der Waals surface area contributed by atoms with E-state index in [9.17, 15) is 0 Å². The molecule has 2 heterocycles. The van der Waals surface area contributed by atoms with Gasteiger partial charge >= 0.3 is 0 Å². The fourth-order valence-corrected chi connectivity index (χ4v) is 4.07.